The van der Waals surface area contributed by atoms with Gasteiger partial charge in [0.1, 0.15) is 12.2 Å². The molecular formula is C13H16N2O7. The highest BCUT2D eigenvalue weighted by Crippen LogP contribution is 2.17. The van der Waals surface area contributed by atoms with Gasteiger partial charge >= 0.3 is 6.09 Å². The van der Waals surface area contributed by atoms with Crippen LogP contribution in [0.2, 0.25) is 0 Å². The molecule has 5 N–H and O–H groups in total. The number of amides is 1. The van der Waals surface area contributed by atoms with Crippen LogP contribution in [0, 0.1) is 0 Å². The number of rotatable bonds is 3. The van der Waals surface area contributed by atoms with Crippen LogP contribution in [0.1, 0.15) is 0 Å². The molecule has 1 aromatic carbocycles. The fourth-order valence-electron chi connectivity index (χ4n) is 1.82. The number of ether oxygens (including phenoxy) is 1. The van der Waals surface area contributed by atoms with Crippen LogP contribution in [0.5, 0.6) is 0 Å². The Balaban J connectivity index is 1.98. The SMILES string of the molecule is O=C(Nc1ccccc1)O/N=C1/O[C@H](CO)[C@@H](O)[C@H](O)[C@H]1O. The van der Waals surface area contributed by atoms with Gasteiger partial charge in [-0.3, -0.25) is 10.2 Å². The smallest absolute Gasteiger partial charge is 0.437 e. The Morgan fingerprint density at radius 3 is 2.55 bits per heavy atom. The van der Waals surface area contributed by atoms with Crippen molar-refractivity contribution < 1.29 is 34.8 Å². The summed E-state index contributed by atoms with van der Waals surface area (Å²) in [6, 6.07) is 8.44. The number of oxime groups is 1. The second kappa shape index (κ2) is 7.18. The third-order valence-corrected chi connectivity index (χ3v) is 3.00. The van der Waals surface area contributed by atoms with Gasteiger partial charge in [-0.25, -0.2) is 4.79 Å². The van der Waals surface area contributed by atoms with E-state index in [0.29, 0.717) is 5.69 Å². The van der Waals surface area contributed by atoms with Crippen molar-refractivity contribution in [3.05, 3.63) is 30.3 Å². The van der Waals surface area contributed by atoms with E-state index in [1.165, 1.54) is 0 Å². The lowest BCUT2D eigenvalue weighted by Crippen LogP contribution is -2.56. The van der Waals surface area contributed by atoms with Gasteiger partial charge in [0.25, 0.3) is 5.90 Å². The van der Waals surface area contributed by atoms with Crippen molar-refractivity contribution in [2.45, 2.75) is 24.4 Å². The van der Waals surface area contributed by atoms with Crippen molar-refractivity contribution in [1.82, 2.24) is 0 Å². The third-order valence-electron chi connectivity index (χ3n) is 3.00. The van der Waals surface area contributed by atoms with Crippen LogP contribution in [0.15, 0.2) is 35.5 Å². The lowest BCUT2D eigenvalue weighted by atomic mass is 10.00. The topological polar surface area (TPSA) is 141 Å². The summed E-state index contributed by atoms with van der Waals surface area (Å²) in [6.45, 7) is -0.611. The Morgan fingerprint density at radius 2 is 1.91 bits per heavy atom. The average molecular weight is 312 g/mol. The Labute approximate surface area is 125 Å². The Bertz CT molecular complexity index is 534. The van der Waals surface area contributed by atoms with Crippen LogP contribution in [-0.2, 0) is 9.57 Å². The molecular weight excluding hydrogens is 296 g/mol. The summed E-state index contributed by atoms with van der Waals surface area (Å²) < 4.78 is 4.97. The van der Waals surface area contributed by atoms with Crippen LogP contribution >= 0.6 is 0 Å². The van der Waals surface area contributed by atoms with E-state index in [0.717, 1.165) is 0 Å². The van der Waals surface area contributed by atoms with Crippen molar-refractivity contribution >= 4 is 17.7 Å². The molecule has 1 aliphatic rings. The molecule has 1 aliphatic heterocycles. The van der Waals surface area contributed by atoms with Crippen LogP contribution in [0.3, 0.4) is 0 Å². The van der Waals surface area contributed by atoms with Gasteiger partial charge < -0.3 is 25.2 Å². The summed E-state index contributed by atoms with van der Waals surface area (Å²) in [4.78, 5) is 16.0. The molecule has 0 aromatic heterocycles. The molecule has 0 unspecified atom stereocenters. The molecule has 1 fully saturated rings. The standard InChI is InChI=1S/C13H16N2O7/c16-6-8-9(17)10(18)11(19)12(21-8)15-22-13(20)14-7-4-2-1-3-5-7/h1-5,8-11,16-19H,6H2,(H,14,20)/b15-12+/t8-,9-,10+,11-/m1/s1. The Morgan fingerprint density at radius 1 is 1.23 bits per heavy atom. The summed E-state index contributed by atoms with van der Waals surface area (Å²) in [7, 11) is 0. The van der Waals surface area contributed by atoms with Crippen molar-refractivity contribution in [2.24, 2.45) is 5.16 Å². The summed E-state index contributed by atoms with van der Waals surface area (Å²) in [5, 5.41) is 43.5. The van der Waals surface area contributed by atoms with Gasteiger partial charge in [-0.1, -0.05) is 18.2 Å². The highest BCUT2D eigenvalue weighted by molar-refractivity contribution is 5.86. The number of aliphatic hydroxyl groups excluding tert-OH is 4. The van der Waals surface area contributed by atoms with Gasteiger partial charge in [-0.2, -0.15) is 0 Å². The zero-order valence-electron chi connectivity index (χ0n) is 11.4. The van der Waals surface area contributed by atoms with Crippen molar-refractivity contribution in [2.75, 3.05) is 11.9 Å². The van der Waals surface area contributed by atoms with Crippen molar-refractivity contribution in [1.29, 1.82) is 0 Å². The Hall–Kier alpha value is -2.20. The van der Waals surface area contributed by atoms with Crippen molar-refractivity contribution in [3.8, 4) is 0 Å². The normalized spacial score (nSPS) is 29.7. The molecule has 9 nitrogen and oxygen atoms in total. The zero-order valence-corrected chi connectivity index (χ0v) is 11.4. The fourth-order valence-corrected chi connectivity index (χ4v) is 1.82. The number of anilines is 1. The number of carbonyl (C=O) groups is 1. The predicted octanol–water partition coefficient (Wildman–Crippen LogP) is -0.978. The monoisotopic (exact) mass is 312 g/mol. The van der Waals surface area contributed by atoms with E-state index in [9.17, 15) is 20.1 Å². The first kappa shape index (κ1) is 16.2. The van der Waals surface area contributed by atoms with Gasteiger partial charge in [0.05, 0.1) is 6.61 Å². The van der Waals surface area contributed by atoms with E-state index in [2.05, 4.69) is 15.3 Å². The molecule has 120 valence electrons. The van der Waals surface area contributed by atoms with Gasteiger partial charge in [0.2, 0.25) is 0 Å². The number of nitrogens with zero attached hydrogens (tertiary/aromatic N) is 1. The predicted molar refractivity (Wildman–Crippen MR) is 74.0 cm³/mol. The maximum atomic E-state index is 11.5. The molecule has 2 rings (SSSR count). The minimum Gasteiger partial charge on any atom is -0.468 e. The number of carbonyl (C=O) groups excluding carboxylic acids is 1. The second-order valence-electron chi connectivity index (χ2n) is 4.56. The molecule has 1 saturated heterocycles. The van der Waals surface area contributed by atoms with Crippen molar-refractivity contribution in [3.63, 3.8) is 0 Å². The van der Waals surface area contributed by atoms with E-state index in [4.69, 9.17) is 9.84 Å². The summed E-state index contributed by atoms with van der Waals surface area (Å²) in [5.74, 6) is -0.514. The Kier molecular flexibility index (Phi) is 5.28. The van der Waals surface area contributed by atoms with Crippen LogP contribution in [0.4, 0.5) is 10.5 Å². The number of benzene rings is 1. The average Bonchev–Trinajstić information content (AvgIpc) is 2.53. The molecule has 4 atom stereocenters. The first-order valence-electron chi connectivity index (χ1n) is 6.45. The van der Waals surface area contributed by atoms with E-state index < -0.39 is 43.0 Å². The molecule has 22 heavy (non-hydrogen) atoms. The van der Waals surface area contributed by atoms with E-state index >= 15 is 0 Å². The van der Waals surface area contributed by atoms with E-state index in [-0.39, 0.29) is 0 Å². The number of hydrogen-bond donors (Lipinski definition) is 5. The van der Waals surface area contributed by atoms with Gasteiger partial charge in [-0.05, 0) is 17.3 Å². The minimum absolute atomic E-state index is 0.474. The summed E-state index contributed by atoms with van der Waals surface area (Å²) in [5.41, 5.74) is 0.474. The van der Waals surface area contributed by atoms with E-state index in [1.54, 1.807) is 30.3 Å². The largest absolute Gasteiger partial charge is 0.468 e. The first-order valence-corrected chi connectivity index (χ1v) is 6.45. The lowest BCUT2D eigenvalue weighted by molar-refractivity contribution is -0.130. The maximum Gasteiger partial charge on any atom is 0.437 e. The van der Waals surface area contributed by atoms with Crippen LogP contribution in [0.25, 0.3) is 0 Å². The molecule has 1 amide bonds. The van der Waals surface area contributed by atoms with Gasteiger partial charge in [-0.15, -0.1) is 0 Å². The molecule has 0 saturated carbocycles. The number of nitrogens with one attached hydrogen (secondary N) is 1. The highest BCUT2D eigenvalue weighted by atomic mass is 16.7. The minimum atomic E-state index is -1.68. The van der Waals surface area contributed by atoms with Crippen LogP contribution in [-0.4, -0.2) is 63.4 Å². The molecule has 9 heteroatoms. The molecule has 0 radical (unpaired) electrons. The quantitative estimate of drug-likeness (QED) is 0.357. The first-order chi connectivity index (χ1) is 10.5. The molecule has 0 bridgehead atoms. The van der Waals surface area contributed by atoms with Gasteiger partial charge in [0, 0.05) is 5.69 Å². The number of para-hydroxylation sites is 1. The van der Waals surface area contributed by atoms with Gasteiger partial charge in [0.15, 0.2) is 12.2 Å². The number of hydrogen-bond acceptors (Lipinski definition) is 8. The van der Waals surface area contributed by atoms with Crippen LogP contribution < -0.4 is 5.32 Å². The third kappa shape index (κ3) is 3.71. The highest BCUT2D eigenvalue weighted by Gasteiger charge is 2.42. The zero-order chi connectivity index (χ0) is 16.1. The molecule has 1 aromatic rings. The van der Waals surface area contributed by atoms with E-state index in [1.807, 2.05) is 0 Å². The summed E-state index contributed by atoms with van der Waals surface area (Å²) in [6.07, 6.45) is -6.90. The summed E-state index contributed by atoms with van der Waals surface area (Å²) >= 11 is 0. The molecule has 1 heterocycles. The lowest BCUT2D eigenvalue weighted by Gasteiger charge is -2.34. The molecule has 0 spiro atoms. The fraction of sp³-hybridized carbons (Fsp3) is 0.385. The number of aliphatic hydroxyl groups is 4. The maximum absolute atomic E-state index is 11.5. The second-order valence-corrected chi connectivity index (χ2v) is 4.56. The molecule has 0 aliphatic carbocycles.